The van der Waals surface area contributed by atoms with Gasteiger partial charge in [-0.05, 0) is 20.3 Å². The van der Waals surface area contributed by atoms with E-state index in [4.69, 9.17) is 9.47 Å². The molecule has 0 saturated heterocycles. The minimum absolute atomic E-state index is 0.0238. The topological polar surface area (TPSA) is 76.7 Å². The van der Waals surface area contributed by atoms with Crippen LogP contribution in [0.15, 0.2) is 0 Å². The zero-order chi connectivity index (χ0) is 14.5. The molecule has 0 aliphatic carbocycles. The third-order valence-corrected chi connectivity index (χ3v) is 2.50. The Hall–Kier alpha value is -1.14. The number of amides is 1. The van der Waals surface area contributed by atoms with Crippen molar-refractivity contribution in [3.8, 4) is 0 Å². The number of rotatable bonds is 11. The number of carbonyl (C=O) groups excluding carboxylic acids is 2. The molecule has 0 rings (SSSR count). The Morgan fingerprint density at radius 1 is 1.21 bits per heavy atom. The van der Waals surface area contributed by atoms with Gasteiger partial charge in [-0.3, -0.25) is 4.79 Å². The molecule has 0 aromatic heterocycles. The molecular weight excluding hydrogens is 248 g/mol. The minimum atomic E-state index is -0.351. The monoisotopic (exact) mass is 274 g/mol. The van der Waals surface area contributed by atoms with Gasteiger partial charge in [-0.2, -0.15) is 0 Å². The summed E-state index contributed by atoms with van der Waals surface area (Å²) in [6, 6.07) is 0.223. The van der Waals surface area contributed by atoms with Gasteiger partial charge in [0.05, 0.1) is 13.2 Å². The van der Waals surface area contributed by atoms with Crippen molar-refractivity contribution in [3.05, 3.63) is 0 Å². The van der Waals surface area contributed by atoms with Crippen LogP contribution in [0.5, 0.6) is 0 Å². The highest BCUT2D eigenvalue weighted by Crippen LogP contribution is 1.89. The van der Waals surface area contributed by atoms with E-state index in [2.05, 4.69) is 10.6 Å². The van der Waals surface area contributed by atoms with E-state index in [0.717, 1.165) is 6.42 Å². The highest BCUT2D eigenvalue weighted by Gasteiger charge is 2.04. The molecule has 1 amide bonds. The molecule has 0 heterocycles. The van der Waals surface area contributed by atoms with E-state index in [0.29, 0.717) is 32.7 Å². The largest absolute Gasteiger partial charge is 0.464 e. The maximum absolute atomic E-state index is 11.4. The lowest BCUT2D eigenvalue weighted by Crippen LogP contribution is -2.34. The van der Waals surface area contributed by atoms with Gasteiger partial charge in [-0.1, -0.05) is 6.92 Å². The van der Waals surface area contributed by atoms with Gasteiger partial charge < -0.3 is 20.1 Å². The molecule has 112 valence electrons. The van der Waals surface area contributed by atoms with Gasteiger partial charge in [0.1, 0.15) is 6.61 Å². The molecule has 0 aromatic carbocycles. The molecule has 0 saturated carbocycles. The maximum Gasteiger partial charge on any atom is 0.332 e. The fourth-order valence-electron chi connectivity index (χ4n) is 1.28. The number of hydrogen-bond acceptors (Lipinski definition) is 5. The summed E-state index contributed by atoms with van der Waals surface area (Å²) in [5.41, 5.74) is 0. The van der Waals surface area contributed by atoms with Crippen molar-refractivity contribution < 1.29 is 19.1 Å². The first-order valence-corrected chi connectivity index (χ1v) is 6.83. The molecule has 1 unspecified atom stereocenters. The highest BCUT2D eigenvalue weighted by atomic mass is 16.6. The van der Waals surface area contributed by atoms with Crippen LogP contribution in [-0.2, 0) is 19.1 Å². The molecule has 0 aliphatic rings. The van der Waals surface area contributed by atoms with E-state index in [1.54, 1.807) is 6.92 Å². The van der Waals surface area contributed by atoms with Crippen LogP contribution in [0.2, 0.25) is 0 Å². The summed E-state index contributed by atoms with van der Waals surface area (Å²) in [7, 11) is 0. The Kier molecular flexibility index (Phi) is 11.2. The van der Waals surface area contributed by atoms with Crippen LogP contribution >= 0.6 is 0 Å². The van der Waals surface area contributed by atoms with E-state index in [-0.39, 0.29) is 24.5 Å². The smallest absolute Gasteiger partial charge is 0.332 e. The lowest BCUT2D eigenvalue weighted by molar-refractivity contribution is -0.148. The van der Waals surface area contributed by atoms with E-state index in [1.165, 1.54) is 0 Å². The molecule has 6 nitrogen and oxygen atoms in total. The molecule has 0 aliphatic heterocycles. The van der Waals surface area contributed by atoms with Crippen molar-refractivity contribution in [2.24, 2.45) is 0 Å². The zero-order valence-electron chi connectivity index (χ0n) is 12.2. The van der Waals surface area contributed by atoms with Crippen LogP contribution in [0.25, 0.3) is 0 Å². The summed E-state index contributed by atoms with van der Waals surface area (Å²) in [5, 5.41) is 5.96. The van der Waals surface area contributed by atoms with Crippen molar-refractivity contribution >= 4 is 11.9 Å². The first-order chi connectivity index (χ1) is 9.10. The normalized spacial score (nSPS) is 11.9. The predicted octanol–water partition coefficient (Wildman–Crippen LogP) is 0.461. The molecule has 0 spiro atoms. The van der Waals surface area contributed by atoms with E-state index in [9.17, 15) is 9.59 Å². The van der Waals surface area contributed by atoms with Gasteiger partial charge in [-0.15, -0.1) is 0 Å². The number of hydrogen-bond donors (Lipinski definition) is 2. The third-order valence-electron chi connectivity index (χ3n) is 2.50. The number of esters is 1. The first kappa shape index (κ1) is 17.9. The minimum Gasteiger partial charge on any atom is -0.464 e. The number of nitrogens with one attached hydrogen (secondary N) is 2. The van der Waals surface area contributed by atoms with Gasteiger partial charge >= 0.3 is 5.97 Å². The quantitative estimate of drug-likeness (QED) is 0.423. The van der Waals surface area contributed by atoms with Crippen LogP contribution in [0, 0.1) is 0 Å². The predicted molar refractivity (Wildman–Crippen MR) is 72.8 cm³/mol. The van der Waals surface area contributed by atoms with Gasteiger partial charge in [0.2, 0.25) is 5.91 Å². The molecule has 0 radical (unpaired) electrons. The van der Waals surface area contributed by atoms with Crippen molar-refractivity contribution in [2.45, 2.75) is 39.7 Å². The summed E-state index contributed by atoms with van der Waals surface area (Å²) in [4.78, 5) is 22.4. The van der Waals surface area contributed by atoms with E-state index >= 15 is 0 Å². The molecule has 0 aromatic rings. The molecule has 0 bridgehead atoms. The number of carbonyl (C=O) groups is 2. The Balaban J connectivity index is 3.31. The standard InChI is InChI=1S/C13H26N2O4/c1-4-11(3)15-12(16)6-7-14-8-9-18-10-13(17)19-5-2/h11,14H,4-10H2,1-3H3,(H,15,16). The van der Waals surface area contributed by atoms with Gasteiger partial charge in [0, 0.05) is 25.6 Å². The van der Waals surface area contributed by atoms with Gasteiger partial charge in [0.25, 0.3) is 0 Å². The second-order valence-corrected chi connectivity index (χ2v) is 4.23. The van der Waals surface area contributed by atoms with Crippen LogP contribution in [0.4, 0.5) is 0 Å². The number of ether oxygens (including phenoxy) is 2. The summed E-state index contributed by atoms with van der Waals surface area (Å²) >= 11 is 0. The molecular formula is C13H26N2O4. The first-order valence-electron chi connectivity index (χ1n) is 6.83. The Morgan fingerprint density at radius 2 is 1.95 bits per heavy atom. The average molecular weight is 274 g/mol. The van der Waals surface area contributed by atoms with Crippen LogP contribution < -0.4 is 10.6 Å². The van der Waals surface area contributed by atoms with E-state index in [1.807, 2.05) is 13.8 Å². The summed E-state index contributed by atoms with van der Waals surface area (Å²) in [6.07, 6.45) is 1.38. The van der Waals surface area contributed by atoms with Crippen LogP contribution in [0.3, 0.4) is 0 Å². The second kappa shape index (κ2) is 11.9. The zero-order valence-corrected chi connectivity index (χ0v) is 12.2. The molecule has 2 N–H and O–H groups in total. The maximum atomic E-state index is 11.4. The van der Waals surface area contributed by atoms with Gasteiger partial charge in [0.15, 0.2) is 0 Å². The van der Waals surface area contributed by atoms with Crippen molar-refractivity contribution in [3.63, 3.8) is 0 Å². The van der Waals surface area contributed by atoms with Gasteiger partial charge in [-0.25, -0.2) is 4.79 Å². The van der Waals surface area contributed by atoms with Crippen LogP contribution in [-0.4, -0.2) is 50.8 Å². The molecule has 1 atom stereocenters. The Bertz CT molecular complexity index is 259. The Morgan fingerprint density at radius 3 is 2.58 bits per heavy atom. The summed E-state index contributed by atoms with van der Waals surface area (Å²) in [6.45, 7) is 7.74. The lowest BCUT2D eigenvalue weighted by atomic mass is 10.2. The van der Waals surface area contributed by atoms with Crippen molar-refractivity contribution in [2.75, 3.05) is 32.9 Å². The molecule has 19 heavy (non-hydrogen) atoms. The fraction of sp³-hybridized carbons (Fsp3) is 0.846. The fourth-order valence-corrected chi connectivity index (χ4v) is 1.28. The SMILES string of the molecule is CCOC(=O)COCCNCCC(=O)NC(C)CC. The lowest BCUT2D eigenvalue weighted by Gasteiger charge is -2.11. The Labute approximate surface area is 115 Å². The molecule has 0 fully saturated rings. The summed E-state index contributed by atoms with van der Waals surface area (Å²) in [5.74, 6) is -0.301. The summed E-state index contributed by atoms with van der Waals surface area (Å²) < 4.78 is 9.81. The van der Waals surface area contributed by atoms with E-state index < -0.39 is 0 Å². The van der Waals surface area contributed by atoms with Crippen molar-refractivity contribution in [1.82, 2.24) is 10.6 Å². The van der Waals surface area contributed by atoms with Crippen molar-refractivity contribution in [1.29, 1.82) is 0 Å². The average Bonchev–Trinajstić information content (AvgIpc) is 2.37. The van der Waals surface area contributed by atoms with Crippen LogP contribution in [0.1, 0.15) is 33.6 Å². The second-order valence-electron chi connectivity index (χ2n) is 4.23. The molecule has 6 heteroatoms. The highest BCUT2D eigenvalue weighted by molar-refractivity contribution is 5.76. The third kappa shape index (κ3) is 11.7.